The summed E-state index contributed by atoms with van der Waals surface area (Å²) in [6.45, 7) is 2.22. The van der Waals surface area contributed by atoms with Gasteiger partial charge >= 0.3 is 6.09 Å². The highest BCUT2D eigenvalue weighted by Gasteiger charge is 2.27. The van der Waals surface area contributed by atoms with E-state index in [2.05, 4.69) is 17.6 Å². The highest BCUT2D eigenvalue weighted by atomic mass is 35.5. The van der Waals surface area contributed by atoms with Gasteiger partial charge in [0.2, 0.25) is 0 Å². The number of carbonyl (C=O) groups is 2. The van der Waals surface area contributed by atoms with Crippen molar-refractivity contribution in [3.05, 3.63) is 39.9 Å². The van der Waals surface area contributed by atoms with Crippen LogP contribution in [-0.4, -0.2) is 46.1 Å². The third-order valence-corrected chi connectivity index (χ3v) is 4.69. The van der Waals surface area contributed by atoms with Gasteiger partial charge in [0.25, 0.3) is 11.6 Å². The molecule has 168 valence electrons. The molecule has 0 bridgehead atoms. The molecule has 2 amide bonds. The van der Waals surface area contributed by atoms with Crippen molar-refractivity contribution in [2.45, 2.75) is 56.0 Å². The molecule has 0 fully saturated rings. The standard InChI is InChI=1S/C19H27Cl2N3O6/c1-2-3-4-5-6-11-22-19(27)30-12-15(23-18(26)17(20)21)16(25)13-7-9-14(10-8-13)24(28)29/h7-10,15-17,25H,2-6,11-12H2,1H3,(H,22,27)(H,23,26)/t15-,16-/m1/s1. The monoisotopic (exact) mass is 463 g/mol. The van der Waals surface area contributed by atoms with E-state index in [0.29, 0.717) is 6.54 Å². The van der Waals surface area contributed by atoms with Gasteiger partial charge in [-0.2, -0.15) is 0 Å². The topological polar surface area (TPSA) is 131 Å². The second-order valence-corrected chi connectivity index (χ2v) is 7.74. The Kier molecular flexibility index (Phi) is 12.1. The molecule has 0 aliphatic rings. The summed E-state index contributed by atoms with van der Waals surface area (Å²) in [6.07, 6.45) is 3.19. The normalized spacial score (nSPS) is 12.8. The maximum atomic E-state index is 11.9. The van der Waals surface area contributed by atoms with Crippen LogP contribution in [0.5, 0.6) is 0 Å². The Bertz CT molecular complexity index is 687. The van der Waals surface area contributed by atoms with Gasteiger partial charge in [-0.05, 0) is 24.1 Å². The number of nitrogens with one attached hydrogen (secondary N) is 2. The number of carbonyl (C=O) groups excluding carboxylic acids is 2. The Hall–Kier alpha value is -2.10. The minimum atomic E-state index is -1.38. The minimum Gasteiger partial charge on any atom is -0.447 e. The number of nitrogens with zero attached hydrogens (tertiary/aromatic N) is 1. The zero-order valence-electron chi connectivity index (χ0n) is 16.7. The van der Waals surface area contributed by atoms with E-state index in [1.54, 1.807) is 0 Å². The van der Waals surface area contributed by atoms with Gasteiger partial charge in [-0.1, -0.05) is 55.8 Å². The number of ether oxygens (including phenoxy) is 1. The molecule has 0 saturated carbocycles. The van der Waals surface area contributed by atoms with Gasteiger partial charge in [-0.25, -0.2) is 4.79 Å². The van der Waals surface area contributed by atoms with Crippen LogP contribution in [0.4, 0.5) is 10.5 Å². The molecule has 1 aromatic rings. The van der Waals surface area contributed by atoms with E-state index in [0.717, 1.165) is 32.1 Å². The van der Waals surface area contributed by atoms with Gasteiger partial charge < -0.3 is 20.5 Å². The van der Waals surface area contributed by atoms with Crippen molar-refractivity contribution in [3.8, 4) is 0 Å². The number of halogens is 2. The molecule has 3 N–H and O–H groups in total. The second kappa shape index (κ2) is 14.0. The number of alkyl halides is 2. The molecule has 0 aliphatic heterocycles. The number of alkyl carbamates (subject to hydrolysis) is 1. The average molecular weight is 464 g/mol. The first kappa shape index (κ1) is 25.9. The Balaban J connectivity index is 2.65. The van der Waals surface area contributed by atoms with Gasteiger partial charge in [-0.3, -0.25) is 14.9 Å². The van der Waals surface area contributed by atoms with E-state index in [1.807, 2.05) is 0 Å². The molecule has 0 radical (unpaired) electrons. The van der Waals surface area contributed by atoms with Crippen LogP contribution >= 0.6 is 23.2 Å². The molecule has 0 heterocycles. The summed E-state index contributed by atoms with van der Waals surface area (Å²) < 4.78 is 5.10. The molecule has 1 aromatic carbocycles. The lowest BCUT2D eigenvalue weighted by molar-refractivity contribution is -0.384. The van der Waals surface area contributed by atoms with E-state index < -0.39 is 33.9 Å². The molecule has 2 atom stereocenters. The van der Waals surface area contributed by atoms with Gasteiger partial charge in [0, 0.05) is 18.7 Å². The first-order chi connectivity index (χ1) is 14.3. The molecule has 30 heavy (non-hydrogen) atoms. The van der Waals surface area contributed by atoms with Crippen molar-refractivity contribution < 1.29 is 24.4 Å². The number of aliphatic hydroxyl groups is 1. The number of hydrogen-bond donors (Lipinski definition) is 3. The SMILES string of the molecule is CCCCCCCNC(=O)OC[C@@H](NC(=O)C(Cl)Cl)[C@H](O)c1ccc([N+](=O)[O-])cc1. The lowest BCUT2D eigenvalue weighted by Gasteiger charge is -2.24. The van der Waals surface area contributed by atoms with E-state index >= 15 is 0 Å². The number of rotatable bonds is 13. The molecule has 9 nitrogen and oxygen atoms in total. The van der Waals surface area contributed by atoms with Crippen LogP contribution in [-0.2, 0) is 9.53 Å². The van der Waals surface area contributed by atoms with Crippen LogP contribution < -0.4 is 10.6 Å². The fourth-order valence-corrected chi connectivity index (χ4v) is 2.74. The van der Waals surface area contributed by atoms with E-state index in [1.165, 1.54) is 24.3 Å². The maximum Gasteiger partial charge on any atom is 0.407 e. The molecule has 1 rings (SSSR count). The van der Waals surface area contributed by atoms with Gasteiger partial charge in [-0.15, -0.1) is 0 Å². The molecule has 0 unspecified atom stereocenters. The number of benzene rings is 1. The van der Waals surface area contributed by atoms with Crippen LogP contribution in [0.15, 0.2) is 24.3 Å². The Morgan fingerprint density at radius 2 is 1.80 bits per heavy atom. The average Bonchev–Trinajstić information content (AvgIpc) is 2.72. The fourth-order valence-electron chi connectivity index (χ4n) is 2.62. The number of nitro benzene ring substituents is 1. The number of amides is 2. The summed E-state index contributed by atoms with van der Waals surface area (Å²) in [5.74, 6) is -0.774. The van der Waals surface area contributed by atoms with Crippen molar-refractivity contribution in [2.75, 3.05) is 13.2 Å². The van der Waals surface area contributed by atoms with Crippen LogP contribution in [0, 0.1) is 10.1 Å². The van der Waals surface area contributed by atoms with E-state index in [9.17, 15) is 24.8 Å². The molecular weight excluding hydrogens is 437 g/mol. The smallest absolute Gasteiger partial charge is 0.407 e. The molecule has 0 spiro atoms. The number of hydrogen-bond acceptors (Lipinski definition) is 6. The number of nitro groups is 1. The van der Waals surface area contributed by atoms with Crippen molar-refractivity contribution in [2.24, 2.45) is 0 Å². The van der Waals surface area contributed by atoms with Crippen molar-refractivity contribution in [3.63, 3.8) is 0 Å². The molecule has 0 saturated heterocycles. The van der Waals surface area contributed by atoms with Crippen molar-refractivity contribution >= 4 is 40.9 Å². The minimum absolute atomic E-state index is 0.150. The predicted octanol–water partition coefficient (Wildman–Crippen LogP) is 3.61. The summed E-state index contributed by atoms with van der Waals surface area (Å²) in [7, 11) is 0. The van der Waals surface area contributed by atoms with Gasteiger partial charge in [0.1, 0.15) is 12.7 Å². The molecule has 0 aromatic heterocycles. The van der Waals surface area contributed by atoms with E-state index in [4.69, 9.17) is 27.9 Å². The highest BCUT2D eigenvalue weighted by molar-refractivity contribution is 6.53. The first-order valence-electron chi connectivity index (χ1n) is 9.67. The predicted molar refractivity (Wildman–Crippen MR) is 114 cm³/mol. The van der Waals surface area contributed by atoms with Gasteiger partial charge in [0.05, 0.1) is 11.0 Å². The maximum absolute atomic E-state index is 11.9. The summed E-state index contributed by atoms with van der Waals surface area (Å²) >= 11 is 11.1. The highest BCUT2D eigenvalue weighted by Crippen LogP contribution is 2.21. The fraction of sp³-hybridized carbons (Fsp3) is 0.579. The van der Waals surface area contributed by atoms with Crippen LogP contribution in [0.2, 0.25) is 0 Å². The summed E-state index contributed by atoms with van der Waals surface area (Å²) in [5, 5.41) is 26.3. The largest absolute Gasteiger partial charge is 0.447 e. The summed E-state index contributed by atoms with van der Waals surface area (Å²) in [4.78, 5) is 32.5. The first-order valence-corrected chi connectivity index (χ1v) is 10.5. The number of non-ortho nitro benzene ring substituents is 1. The number of unbranched alkanes of at least 4 members (excludes halogenated alkanes) is 4. The Labute approximate surface area is 185 Å². The summed E-state index contributed by atoms with van der Waals surface area (Å²) in [5.41, 5.74) is 0.134. The Morgan fingerprint density at radius 1 is 1.17 bits per heavy atom. The zero-order valence-corrected chi connectivity index (χ0v) is 18.2. The molecule has 11 heteroatoms. The van der Waals surface area contributed by atoms with Crippen molar-refractivity contribution in [1.29, 1.82) is 0 Å². The van der Waals surface area contributed by atoms with Crippen LogP contribution in [0.1, 0.15) is 50.7 Å². The van der Waals surface area contributed by atoms with Crippen LogP contribution in [0.25, 0.3) is 0 Å². The van der Waals surface area contributed by atoms with Gasteiger partial charge in [0.15, 0.2) is 4.84 Å². The Morgan fingerprint density at radius 3 is 2.37 bits per heavy atom. The quantitative estimate of drug-likeness (QED) is 0.177. The second-order valence-electron chi connectivity index (χ2n) is 6.65. The molecule has 0 aliphatic carbocycles. The lowest BCUT2D eigenvalue weighted by atomic mass is 10.0. The van der Waals surface area contributed by atoms with E-state index in [-0.39, 0.29) is 17.9 Å². The zero-order chi connectivity index (χ0) is 22.5. The third kappa shape index (κ3) is 9.60. The number of aliphatic hydroxyl groups excluding tert-OH is 1. The summed E-state index contributed by atoms with van der Waals surface area (Å²) in [6, 6.07) is 4.06. The van der Waals surface area contributed by atoms with Crippen molar-refractivity contribution in [1.82, 2.24) is 10.6 Å². The third-order valence-electron chi connectivity index (χ3n) is 4.30. The lowest BCUT2D eigenvalue weighted by Crippen LogP contribution is -2.45. The molecular formula is C19H27Cl2N3O6. The van der Waals surface area contributed by atoms with Crippen LogP contribution in [0.3, 0.4) is 0 Å².